The molecule has 0 bridgehead atoms. The molecule has 0 atom stereocenters. The Kier molecular flexibility index (Phi) is 6.42. The Labute approximate surface area is 156 Å². The SMILES string of the molecule is Cc1ccncc1C(=O)NCCc1ncc(C)n1C1CCCCCCC1. The molecule has 1 saturated carbocycles. The van der Waals surface area contributed by atoms with E-state index in [2.05, 4.69) is 26.8 Å². The highest BCUT2D eigenvalue weighted by molar-refractivity contribution is 5.95. The van der Waals surface area contributed by atoms with Gasteiger partial charge in [0.25, 0.3) is 5.91 Å². The number of aromatic nitrogens is 3. The summed E-state index contributed by atoms with van der Waals surface area (Å²) < 4.78 is 2.42. The molecule has 140 valence electrons. The van der Waals surface area contributed by atoms with Crippen molar-refractivity contribution in [2.45, 2.75) is 71.3 Å². The first-order valence-corrected chi connectivity index (χ1v) is 9.88. The van der Waals surface area contributed by atoms with Gasteiger partial charge in [0.05, 0.1) is 5.56 Å². The van der Waals surface area contributed by atoms with E-state index in [1.807, 2.05) is 19.2 Å². The monoisotopic (exact) mass is 354 g/mol. The van der Waals surface area contributed by atoms with Crippen molar-refractivity contribution in [1.82, 2.24) is 19.9 Å². The minimum Gasteiger partial charge on any atom is -0.352 e. The van der Waals surface area contributed by atoms with Crippen LogP contribution in [0.2, 0.25) is 0 Å². The molecule has 0 spiro atoms. The Hall–Kier alpha value is -2.17. The lowest BCUT2D eigenvalue weighted by molar-refractivity contribution is 0.0953. The van der Waals surface area contributed by atoms with Crippen molar-refractivity contribution in [3.05, 3.63) is 47.3 Å². The summed E-state index contributed by atoms with van der Waals surface area (Å²) in [5.74, 6) is 1.03. The fourth-order valence-electron chi connectivity index (χ4n) is 3.96. The van der Waals surface area contributed by atoms with Crippen molar-refractivity contribution in [3.8, 4) is 0 Å². The number of nitrogens with one attached hydrogen (secondary N) is 1. The summed E-state index contributed by atoms with van der Waals surface area (Å²) in [6, 6.07) is 2.42. The summed E-state index contributed by atoms with van der Waals surface area (Å²) in [7, 11) is 0. The molecule has 26 heavy (non-hydrogen) atoms. The molecule has 0 aliphatic heterocycles. The molecule has 2 heterocycles. The van der Waals surface area contributed by atoms with E-state index in [1.165, 1.54) is 50.6 Å². The van der Waals surface area contributed by atoms with Crippen molar-refractivity contribution in [1.29, 1.82) is 0 Å². The minimum absolute atomic E-state index is 0.0589. The van der Waals surface area contributed by atoms with E-state index in [9.17, 15) is 4.79 Å². The van der Waals surface area contributed by atoms with Gasteiger partial charge in [0.1, 0.15) is 5.82 Å². The standard InChI is InChI=1S/C21H30N4O/c1-16-10-12-22-15-19(16)21(26)23-13-11-20-24-14-17(2)25(20)18-8-6-4-3-5-7-9-18/h10,12,14-15,18H,3-9,11,13H2,1-2H3,(H,23,26). The maximum atomic E-state index is 12.4. The van der Waals surface area contributed by atoms with Crippen LogP contribution >= 0.6 is 0 Å². The van der Waals surface area contributed by atoms with Gasteiger partial charge in [0, 0.05) is 43.3 Å². The van der Waals surface area contributed by atoms with Crippen molar-refractivity contribution in [3.63, 3.8) is 0 Å². The Bertz CT molecular complexity index is 729. The summed E-state index contributed by atoms with van der Waals surface area (Å²) in [6.45, 7) is 4.67. The molecule has 1 amide bonds. The molecular formula is C21H30N4O. The van der Waals surface area contributed by atoms with Crippen LogP contribution in [0.4, 0.5) is 0 Å². The normalized spacial score (nSPS) is 16.1. The van der Waals surface area contributed by atoms with Gasteiger partial charge in [-0.1, -0.05) is 32.1 Å². The largest absolute Gasteiger partial charge is 0.352 e. The summed E-state index contributed by atoms with van der Waals surface area (Å²) in [6.07, 6.45) is 15.2. The molecule has 3 rings (SSSR count). The van der Waals surface area contributed by atoms with Crippen molar-refractivity contribution >= 4 is 5.91 Å². The zero-order chi connectivity index (χ0) is 18.4. The van der Waals surface area contributed by atoms with Crippen LogP contribution in [0.3, 0.4) is 0 Å². The average molecular weight is 354 g/mol. The molecule has 1 aliphatic carbocycles. The molecule has 0 unspecified atom stereocenters. The minimum atomic E-state index is -0.0589. The van der Waals surface area contributed by atoms with Gasteiger partial charge in [0.15, 0.2) is 0 Å². The molecule has 0 aromatic carbocycles. The second kappa shape index (κ2) is 8.97. The second-order valence-electron chi connectivity index (χ2n) is 7.38. The van der Waals surface area contributed by atoms with Gasteiger partial charge in [-0.05, 0) is 38.3 Å². The highest BCUT2D eigenvalue weighted by Gasteiger charge is 2.18. The molecule has 0 radical (unpaired) electrons. The topological polar surface area (TPSA) is 59.8 Å². The lowest BCUT2D eigenvalue weighted by Crippen LogP contribution is -2.27. The van der Waals surface area contributed by atoms with Crippen molar-refractivity contribution < 1.29 is 4.79 Å². The van der Waals surface area contributed by atoms with Gasteiger partial charge >= 0.3 is 0 Å². The van der Waals surface area contributed by atoms with E-state index >= 15 is 0 Å². The molecule has 5 nitrogen and oxygen atoms in total. The Morgan fingerprint density at radius 2 is 1.88 bits per heavy atom. The first kappa shape index (κ1) is 18.6. The quantitative estimate of drug-likeness (QED) is 0.877. The summed E-state index contributed by atoms with van der Waals surface area (Å²) in [4.78, 5) is 21.0. The maximum absolute atomic E-state index is 12.4. The van der Waals surface area contributed by atoms with Crippen LogP contribution in [0.5, 0.6) is 0 Å². The number of nitrogens with zero attached hydrogens (tertiary/aromatic N) is 3. The van der Waals surface area contributed by atoms with Gasteiger partial charge in [-0.2, -0.15) is 0 Å². The molecule has 2 aromatic heterocycles. The van der Waals surface area contributed by atoms with Gasteiger partial charge in [0.2, 0.25) is 0 Å². The van der Waals surface area contributed by atoms with Gasteiger partial charge in [-0.3, -0.25) is 9.78 Å². The lowest BCUT2D eigenvalue weighted by atomic mass is 9.96. The maximum Gasteiger partial charge on any atom is 0.253 e. The number of carbonyl (C=O) groups is 1. The molecule has 5 heteroatoms. The third-order valence-electron chi connectivity index (χ3n) is 5.42. The number of amides is 1. The highest BCUT2D eigenvalue weighted by atomic mass is 16.1. The van der Waals surface area contributed by atoms with E-state index in [1.54, 1.807) is 12.4 Å². The van der Waals surface area contributed by atoms with E-state index in [0.717, 1.165) is 17.8 Å². The first-order chi connectivity index (χ1) is 12.7. The Morgan fingerprint density at radius 1 is 1.15 bits per heavy atom. The van der Waals surface area contributed by atoms with Crippen LogP contribution in [-0.4, -0.2) is 27.0 Å². The fourth-order valence-corrected chi connectivity index (χ4v) is 3.96. The van der Waals surface area contributed by atoms with Crippen LogP contribution in [-0.2, 0) is 6.42 Å². The van der Waals surface area contributed by atoms with Crippen LogP contribution in [0.25, 0.3) is 0 Å². The Balaban J connectivity index is 1.62. The molecule has 1 fully saturated rings. The number of hydrogen-bond acceptors (Lipinski definition) is 3. The number of imidazole rings is 1. The third-order valence-corrected chi connectivity index (χ3v) is 5.42. The lowest BCUT2D eigenvalue weighted by Gasteiger charge is -2.24. The number of rotatable bonds is 5. The van der Waals surface area contributed by atoms with Crippen molar-refractivity contribution in [2.24, 2.45) is 0 Å². The molecule has 2 aromatic rings. The number of carbonyl (C=O) groups excluding carboxylic acids is 1. The van der Waals surface area contributed by atoms with E-state index in [0.29, 0.717) is 18.2 Å². The van der Waals surface area contributed by atoms with Crippen LogP contribution in [0.1, 0.15) is 78.4 Å². The van der Waals surface area contributed by atoms with Gasteiger partial charge in [-0.25, -0.2) is 4.98 Å². The highest BCUT2D eigenvalue weighted by Crippen LogP contribution is 2.28. The Morgan fingerprint density at radius 3 is 2.62 bits per heavy atom. The summed E-state index contributed by atoms with van der Waals surface area (Å²) in [5, 5.41) is 3.02. The van der Waals surface area contributed by atoms with E-state index in [-0.39, 0.29) is 5.91 Å². The number of pyridine rings is 1. The van der Waals surface area contributed by atoms with E-state index < -0.39 is 0 Å². The van der Waals surface area contributed by atoms with Crippen LogP contribution in [0, 0.1) is 13.8 Å². The molecule has 1 N–H and O–H groups in total. The van der Waals surface area contributed by atoms with E-state index in [4.69, 9.17) is 0 Å². The van der Waals surface area contributed by atoms with Crippen LogP contribution < -0.4 is 5.32 Å². The second-order valence-corrected chi connectivity index (χ2v) is 7.38. The molecule has 0 saturated heterocycles. The number of aryl methyl sites for hydroxylation is 2. The summed E-state index contributed by atoms with van der Waals surface area (Å²) >= 11 is 0. The number of hydrogen-bond donors (Lipinski definition) is 1. The molecule has 1 aliphatic rings. The predicted octanol–water partition coefficient (Wildman–Crippen LogP) is 4.15. The zero-order valence-electron chi connectivity index (χ0n) is 16.0. The average Bonchev–Trinajstić information content (AvgIpc) is 2.96. The first-order valence-electron chi connectivity index (χ1n) is 9.88. The zero-order valence-corrected chi connectivity index (χ0v) is 16.0. The van der Waals surface area contributed by atoms with Crippen LogP contribution in [0.15, 0.2) is 24.7 Å². The summed E-state index contributed by atoms with van der Waals surface area (Å²) in [5.41, 5.74) is 2.83. The smallest absolute Gasteiger partial charge is 0.253 e. The van der Waals surface area contributed by atoms with Gasteiger partial charge in [-0.15, -0.1) is 0 Å². The molecular weight excluding hydrogens is 324 g/mol. The van der Waals surface area contributed by atoms with Crippen molar-refractivity contribution in [2.75, 3.05) is 6.54 Å². The third kappa shape index (κ3) is 4.51. The van der Waals surface area contributed by atoms with Gasteiger partial charge < -0.3 is 9.88 Å². The predicted molar refractivity (Wildman–Crippen MR) is 103 cm³/mol. The fraction of sp³-hybridized carbons (Fsp3) is 0.571.